The second kappa shape index (κ2) is 10.3. The molecule has 2 amide bonds. The smallest absolute Gasteiger partial charge is 0.339 e. The molecule has 0 spiro atoms. The highest BCUT2D eigenvalue weighted by atomic mass is 32.2. The van der Waals surface area contributed by atoms with Crippen LogP contribution in [0.2, 0.25) is 0 Å². The molecule has 4 rings (SSSR count). The molecule has 0 fully saturated rings. The van der Waals surface area contributed by atoms with Gasteiger partial charge in [-0.2, -0.15) is 13.5 Å². The van der Waals surface area contributed by atoms with Gasteiger partial charge in [0, 0.05) is 28.9 Å². The van der Waals surface area contributed by atoms with E-state index in [-0.39, 0.29) is 11.4 Å². The lowest BCUT2D eigenvalue weighted by atomic mass is 10.0. The lowest BCUT2D eigenvalue weighted by Crippen LogP contribution is -2.26. The zero-order valence-electron chi connectivity index (χ0n) is 18.8. The van der Waals surface area contributed by atoms with Gasteiger partial charge in [0.25, 0.3) is 5.69 Å². The molecule has 0 saturated carbocycles. The van der Waals surface area contributed by atoms with Crippen molar-refractivity contribution in [3.63, 3.8) is 0 Å². The van der Waals surface area contributed by atoms with E-state index in [2.05, 4.69) is 15.8 Å². The topological polar surface area (TPSA) is 158 Å². The van der Waals surface area contributed by atoms with Gasteiger partial charge in [0.05, 0.1) is 16.9 Å². The summed E-state index contributed by atoms with van der Waals surface area (Å²) in [6.45, 7) is 0.815. The van der Waals surface area contributed by atoms with Gasteiger partial charge in [-0.1, -0.05) is 0 Å². The summed E-state index contributed by atoms with van der Waals surface area (Å²) in [7, 11) is -3.69. The number of carbonyl (C=O) groups excluding carboxylic acids is 1. The van der Waals surface area contributed by atoms with E-state index in [1.54, 1.807) is 30.3 Å². The highest BCUT2D eigenvalue weighted by Gasteiger charge is 2.16. The Labute approximate surface area is 205 Å². The fourth-order valence-corrected chi connectivity index (χ4v) is 3.72. The van der Waals surface area contributed by atoms with E-state index in [9.17, 15) is 23.3 Å². The van der Waals surface area contributed by atoms with Crippen molar-refractivity contribution in [3.8, 4) is 17.2 Å². The van der Waals surface area contributed by atoms with Crippen LogP contribution in [0, 0.1) is 10.1 Å². The standard InChI is InChI=1S/C23H20N4O8S/c1-36(31,32)35-19-9-2-15(3-10-19)22(16-4-11-20-21(14-16)34-13-12-33-20)25-26-23(28)24-17-5-7-18(8-6-17)27(29)30/h2-11,14H,12-13H2,1H3,(H2,24,26,28)/b25-22-. The molecule has 13 heteroatoms. The van der Waals surface area contributed by atoms with Crippen LogP contribution in [0.15, 0.2) is 71.8 Å². The maximum absolute atomic E-state index is 12.4. The molecule has 0 atom stereocenters. The van der Waals surface area contributed by atoms with Crippen LogP contribution in [0.25, 0.3) is 0 Å². The van der Waals surface area contributed by atoms with Gasteiger partial charge in [-0.15, -0.1) is 0 Å². The van der Waals surface area contributed by atoms with Crippen molar-refractivity contribution in [1.29, 1.82) is 0 Å². The van der Waals surface area contributed by atoms with Gasteiger partial charge in [-0.3, -0.25) is 10.1 Å². The largest absolute Gasteiger partial charge is 0.486 e. The number of rotatable bonds is 7. The molecular formula is C23H20N4O8S. The Balaban J connectivity index is 1.60. The molecule has 186 valence electrons. The summed E-state index contributed by atoms with van der Waals surface area (Å²) < 4.78 is 38.9. The van der Waals surface area contributed by atoms with Crippen LogP contribution in [-0.2, 0) is 10.1 Å². The van der Waals surface area contributed by atoms with Crippen molar-refractivity contribution in [2.24, 2.45) is 5.10 Å². The summed E-state index contributed by atoms with van der Waals surface area (Å²) in [5.41, 5.74) is 4.10. The first kappa shape index (κ1) is 24.5. The Hall–Kier alpha value is -4.65. The van der Waals surface area contributed by atoms with Gasteiger partial charge in [0.15, 0.2) is 11.5 Å². The molecule has 3 aromatic carbocycles. The van der Waals surface area contributed by atoms with Crippen LogP contribution in [0.1, 0.15) is 11.1 Å². The van der Waals surface area contributed by atoms with E-state index in [1.165, 1.54) is 36.4 Å². The number of non-ortho nitro benzene ring substituents is 1. The minimum Gasteiger partial charge on any atom is -0.486 e. The van der Waals surface area contributed by atoms with Gasteiger partial charge in [0.2, 0.25) is 0 Å². The number of nitrogens with zero attached hydrogens (tertiary/aromatic N) is 2. The first-order chi connectivity index (χ1) is 17.2. The molecule has 0 saturated heterocycles. The van der Waals surface area contributed by atoms with E-state index in [0.717, 1.165) is 6.26 Å². The fraction of sp³-hybridized carbons (Fsp3) is 0.130. The molecule has 3 aromatic rings. The minimum absolute atomic E-state index is 0.108. The average molecular weight is 513 g/mol. The number of hydrogen-bond donors (Lipinski definition) is 2. The van der Waals surface area contributed by atoms with Crippen molar-refractivity contribution in [3.05, 3.63) is 88.0 Å². The average Bonchev–Trinajstić information content (AvgIpc) is 2.84. The van der Waals surface area contributed by atoms with E-state index in [4.69, 9.17) is 13.7 Å². The third-order valence-corrected chi connectivity index (χ3v) is 5.29. The predicted molar refractivity (Wildman–Crippen MR) is 130 cm³/mol. The monoisotopic (exact) mass is 512 g/mol. The Bertz CT molecular complexity index is 1420. The second-order valence-corrected chi connectivity index (χ2v) is 9.08. The minimum atomic E-state index is -3.69. The Morgan fingerprint density at radius 1 is 0.972 bits per heavy atom. The zero-order valence-corrected chi connectivity index (χ0v) is 19.7. The van der Waals surface area contributed by atoms with Crippen LogP contribution >= 0.6 is 0 Å². The zero-order chi connectivity index (χ0) is 25.7. The maximum Gasteiger partial charge on any atom is 0.339 e. The third kappa shape index (κ3) is 6.27. The van der Waals surface area contributed by atoms with Crippen LogP contribution in [0.4, 0.5) is 16.2 Å². The van der Waals surface area contributed by atoms with Gasteiger partial charge in [-0.25, -0.2) is 10.2 Å². The Morgan fingerprint density at radius 2 is 1.61 bits per heavy atom. The fourth-order valence-electron chi connectivity index (χ4n) is 3.26. The van der Waals surface area contributed by atoms with E-state index >= 15 is 0 Å². The Kier molecular flexibility index (Phi) is 7.01. The quantitative estimate of drug-likeness (QED) is 0.211. The molecule has 0 aromatic heterocycles. The van der Waals surface area contributed by atoms with Crippen molar-refractivity contribution in [2.75, 3.05) is 24.8 Å². The maximum atomic E-state index is 12.4. The SMILES string of the molecule is CS(=O)(=O)Oc1ccc(/C(=N/NC(=O)Nc2ccc([N+](=O)[O-])cc2)c2ccc3c(c2)OCCO3)cc1. The number of nitrogens with one attached hydrogen (secondary N) is 2. The molecule has 1 heterocycles. The molecule has 2 N–H and O–H groups in total. The number of anilines is 1. The van der Waals surface area contributed by atoms with E-state index < -0.39 is 21.1 Å². The summed E-state index contributed by atoms with van der Waals surface area (Å²) >= 11 is 0. The number of nitro groups is 1. The number of ether oxygens (including phenoxy) is 2. The molecule has 36 heavy (non-hydrogen) atoms. The van der Waals surface area contributed by atoms with Crippen molar-refractivity contribution >= 4 is 33.2 Å². The van der Waals surface area contributed by atoms with Crippen LogP contribution in [-0.4, -0.2) is 44.6 Å². The summed E-state index contributed by atoms with van der Waals surface area (Å²) in [5, 5.41) is 17.6. The normalized spacial score (nSPS) is 13.0. The molecule has 12 nitrogen and oxygen atoms in total. The van der Waals surface area contributed by atoms with Crippen LogP contribution in [0.3, 0.4) is 0 Å². The summed E-state index contributed by atoms with van der Waals surface area (Å²) in [5.74, 6) is 1.20. The summed E-state index contributed by atoms with van der Waals surface area (Å²) in [6, 6.07) is 15.9. The highest BCUT2D eigenvalue weighted by Crippen LogP contribution is 2.32. The Morgan fingerprint density at radius 3 is 2.25 bits per heavy atom. The van der Waals surface area contributed by atoms with Gasteiger partial charge in [0.1, 0.15) is 19.0 Å². The predicted octanol–water partition coefficient (Wildman–Crippen LogP) is 3.28. The van der Waals surface area contributed by atoms with E-state index in [1.807, 2.05) is 0 Å². The number of fused-ring (bicyclic) bond motifs is 1. The van der Waals surface area contributed by atoms with Crippen molar-refractivity contribution in [2.45, 2.75) is 0 Å². The third-order valence-electron chi connectivity index (χ3n) is 4.80. The molecule has 0 aliphatic carbocycles. The number of amides is 2. The number of benzene rings is 3. The second-order valence-electron chi connectivity index (χ2n) is 7.50. The summed E-state index contributed by atoms with van der Waals surface area (Å²) in [6.07, 6.45) is 0.941. The van der Waals surface area contributed by atoms with Crippen molar-refractivity contribution in [1.82, 2.24) is 5.43 Å². The molecular weight excluding hydrogens is 492 g/mol. The lowest BCUT2D eigenvalue weighted by molar-refractivity contribution is -0.384. The van der Waals surface area contributed by atoms with Gasteiger partial charge in [-0.05, 0) is 54.6 Å². The number of carbonyl (C=O) groups is 1. The van der Waals surface area contributed by atoms with Crippen molar-refractivity contribution < 1.29 is 31.8 Å². The first-order valence-corrected chi connectivity index (χ1v) is 12.3. The molecule has 1 aliphatic heterocycles. The van der Waals surface area contributed by atoms with Crippen LogP contribution in [0.5, 0.6) is 17.2 Å². The number of urea groups is 1. The van der Waals surface area contributed by atoms with Gasteiger partial charge < -0.3 is 19.0 Å². The summed E-state index contributed by atoms with van der Waals surface area (Å²) in [4.78, 5) is 22.7. The molecule has 0 unspecified atom stereocenters. The van der Waals surface area contributed by atoms with E-state index in [0.29, 0.717) is 47.2 Å². The molecule has 0 radical (unpaired) electrons. The highest BCUT2D eigenvalue weighted by molar-refractivity contribution is 7.86. The lowest BCUT2D eigenvalue weighted by Gasteiger charge is -2.19. The first-order valence-electron chi connectivity index (χ1n) is 10.5. The number of hydrogen-bond acceptors (Lipinski definition) is 9. The molecule has 0 bridgehead atoms. The number of nitro benzene ring substituents is 1. The van der Waals surface area contributed by atoms with Crippen LogP contribution < -0.4 is 24.4 Å². The van der Waals surface area contributed by atoms with Gasteiger partial charge >= 0.3 is 16.1 Å². The number of hydrazone groups is 1. The molecule has 1 aliphatic rings.